The number of hydrogen-bond donors (Lipinski definition) is 0. The van der Waals surface area contributed by atoms with Gasteiger partial charge in [-0.3, -0.25) is 0 Å². The molecular weight excluding hydrogens is 326 g/mol. The second kappa shape index (κ2) is 7.65. The first-order valence-electron chi connectivity index (χ1n) is 8.04. The third kappa shape index (κ3) is 4.06. The van der Waals surface area contributed by atoms with Crippen LogP contribution in [0, 0.1) is 0 Å². The molecule has 0 unspecified atom stereocenters. The summed E-state index contributed by atoms with van der Waals surface area (Å²) in [4.78, 5) is 26.9. The third-order valence-electron chi connectivity index (χ3n) is 3.75. The van der Waals surface area contributed by atoms with Gasteiger partial charge in [-0.05, 0) is 12.5 Å². The van der Waals surface area contributed by atoms with Crippen LogP contribution in [0.3, 0.4) is 0 Å². The van der Waals surface area contributed by atoms with Crippen LogP contribution in [0.2, 0.25) is 0 Å². The SMILES string of the molecule is CCOC(=O)N1CCN([n+]2cc([N-]C(=O)c3ccccc3)on2)CC1. The highest BCUT2D eigenvalue weighted by Gasteiger charge is 2.27. The molecule has 25 heavy (non-hydrogen) atoms. The van der Waals surface area contributed by atoms with Crippen LogP contribution >= 0.6 is 0 Å². The van der Waals surface area contributed by atoms with E-state index in [1.807, 2.05) is 11.1 Å². The molecule has 132 valence electrons. The van der Waals surface area contributed by atoms with Gasteiger partial charge in [-0.1, -0.05) is 30.3 Å². The van der Waals surface area contributed by atoms with Gasteiger partial charge in [0.2, 0.25) is 5.27 Å². The van der Waals surface area contributed by atoms with Gasteiger partial charge < -0.3 is 24.3 Å². The topological polar surface area (TPSA) is 93.9 Å². The second-order valence-corrected chi connectivity index (χ2v) is 5.38. The zero-order valence-electron chi connectivity index (χ0n) is 13.9. The van der Waals surface area contributed by atoms with E-state index < -0.39 is 5.91 Å². The molecule has 0 saturated carbocycles. The van der Waals surface area contributed by atoms with Crippen molar-refractivity contribution >= 4 is 17.9 Å². The third-order valence-corrected chi connectivity index (χ3v) is 3.75. The molecule has 0 N–H and O–H groups in total. The van der Waals surface area contributed by atoms with Crippen LogP contribution in [0.5, 0.6) is 0 Å². The van der Waals surface area contributed by atoms with Crippen molar-refractivity contribution in [3.05, 3.63) is 47.4 Å². The van der Waals surface area contributed by atoms with Gasteiger partial charge in [-0.25, -0.2) is 4.79 Å². The molecule has 9 nitrogen and oxygen atoms in total. The van der Waals surface area contributed by atoms with Gasteiger partial charge >= 0.3 is 6.09 Å². The fraction of sp³-hybridized carbons (Fsp3) is 0.375. The molecule has 0 bridgehead atoms. The van der Waals surface area contributed by atoms with Crippen molar-refractivity contribution in [2.45, 2.75) is 6.92 Å². The highest BCUT2D eigenvalue weighted by molar-refractivity contribution is 6.07. The number of nitrogens with zero attached hydrogens (tertiary/aromatic N) is 5. The summed E-state index contributed by atoms with van der Waals surface area (Å²) in [6, 6.07) is 8.74. The largest absolute Gasteiger partial charge is 0.584 e. The number of ether oxygens (including phenoxy) is 1. The number of aromatic nitrogens is 2. The Labute approximate surface area is 144 Å². The van der Waals surface area contributed by atoms with Gasteiger partial charge in [-0.15, -0.1) is 5.01 Å². The number of amides is 2. The fourth-order valence-corrected chi connectivity index (χ4v) is 2.46. The Bertz CT molecular complexity index is 725. The van der Waals surface area contributed by atoms with Crippen molar-refractivity contribution in [1.29, 1.82) is 0 Å². The minimum absolute atomic E-state index is 0.127. The molecule has 0 spiro atoms. The van der Waals surface area contributed by atoms with Gasteiger partial charge in [0, 0.05) is 13.1 Å². The smallest absolute Gasteiger partial charge is 0.409 e. The summed E-state index contributed by atoms with van der Waals surface area (Å²) in [5, 5.41) is 9.69. The predicted octanol–water partition coefficient (Wildman–Crippen LogP) is 1.22. The highest BCUT2D eigenvalue weighted by atomic mass is 16.6. The van der Waals surface area contributed by atoms with E-state index in [1.165, 1.54) is 4.79 Å². The van der Waals surface area contributed by atoms with E-state index in [4.69, 9.17) is 9.26 Å². The van der Waals surface area contributed by atoms with Crippen LogP contribution in [0.25, 0.3) is 5.32 Å². The van der Waals surface area contributed by atoms with Gasteiger partial charge in [0.05, 0.1) is 30.4 Å². The lowest BCUT2D eigenvalue weighted by Gasteiger charge is -2.29. The summed E-state index contributed by atoms with van der Waals surface area (Å²) in [6.07, 6.45) is 1.23. The molecule has 1 aliphatic rings. The standard InChI is InChI=1S/C16H19N5O4/c1-2-24-16(23)19-8-10-20(11-9-19)21-12-14(25-18-21)17-15(22)13-6-4-3-5-7-13/h3-7,12H,2,8-11H2,1H3. The van der Waals surface area contributed by atoms with E-state index in [2.05, 4.69) is 10.6 Å². The minimum atomic E-state index is -0.393. The zero-order valence-corrected chi connectivity index (χ0v) is 13.9. The first-order chi connectivity index (χ1) is 12.2. The predicted molar refractivity (Wildman–Crippen MR) is 87.0 cm³/mol. The Hall–Kier alpha value is -3.10. The lowest BCUT2D eigenvalue weighted by molar-refractivity contribution is -0.759. The first kappa shape index (κ1) is 16.7. The van der Waals surface area contributed by atoms with Gasteiger partial charge in [0.25, 0.3) is 6.20 Å². The average molecular weight is 345 g/mol. The first-order valence-corrected chi connectivity index (χ1v) is 8.04. The summed E-state index contributed by atoms with van der Waals surface area (Å²) >= 11 is 0. The van der Waals surface area contributed by atoms with E-state index in [0.717, 1.165) is 0 Å². The molecule has 2 heterocycles. The summed E-state index contributed by atoms with van der Waals surface area (Å²) in [7, 11) is 0. The molecule has 1 saturated heterocycles. The maximum atomic E-state index is 12.0. The molecule has 0 aliphatic carbocycles. The maximum absolute atomic E-state index is 12.0. The molecule has 3 rings (SSSR count). The lowest BCUT2D eigenvalue weighted by Crippen LogP contribution is -2.65. The molecule has 1 aromatic heterocycles. The number of benzene rings is 1. The molecule has 0 radical (unpaired) electrons. The number of hydrogen-bond acceptors (Lipinski definition) is 6. The maximum Gasteiger partial charge on any atom is 0.409 e. The molecule has 1 aliphatic heterocycles. The molecule has 9 heteroatoms. The van der Waals surface area contributed by atoms with Crippen LogP contribution < -0.4 is 9.80 Å². The number of rotatable bonds is 4. The Balaban J connectivity index is 1.56. The van der Waals surface area contributed by atoms with Crippen molar-refractivity contribution in [2.24, 2.45) is 0 Å². The molecule has 1 aromatic carbocycles. The molecule has 2 aromatic rings. The number of carbonyl (C=O) groups is 2. The van der Waals surface area contributed by atoms with E-state index in [0.29, 0.717) is 38.3 Å². The Morgan fingerprint density at radius 2 is 1.96 bits per heavy atom. The van der Waals surface area contributed by atoms with Crippen LogP contribution in [0.4, 0.5) is 10.7 Å². The van der Waals surface area contributed by atoms with E-state index in [9.17, 15) is 9.59 Å². The monoisotopic (exact) mass is 345 g/mol. The van der Waals surface area contributed by atoms with E-state index in [1.54, 1.807) is 42.3 Å². The zero-order chi connectivity index (χ0) is 17.6. The quantitative estimate of drug-likeness (QED) is 0.774. The second-order valence-electron chi connectivity index (χ2n) is 5.38. The normalized spacial score (nSPS) is 14.3. The van der Waals surface area contributed by atoms with Crippen LogP contribution in [-0.2, 0) is 4.74 Å². The molecule has 0 atom stereocenters. The summed E-state index contributed by atoms with van der Waals surface area (Å²) in [5.41, 5.74) is 0.480. The van der Waals surface area contributed by atoms with Crippen LogP contribution in [-0.4, -0.2) is 55.0 Å². The van der Waals surface area contributed by atoms with Crippen molar-refractivity contribution in [2.75, 3.05) is 37.8 Å². The molecular formula is C16H19N5O4. The fourth-order valence-electron chi connectivity index (χ4n) is 2.46. The number of carbonyl (C=O) groups excluding carboxylic acids is 2. The number of piperazine rings is 1. The van der Waals surface area contributed by atoms with E-state index >= 15 is 0 Å². The van der Waals surface area contributed by atoms with Crippen LogP contribution in [0.15, 0.2) is 41.1 Å². The Morgan fingerprint density at radius 1 is 1.24 bits per heavy atom. The van der Waals surface area contributed by atoms with Gasteiger partial charge in [-0.2, -0.15) is 0 Å². The summed E-state index contributed by atoms with van der Waals surface area (Å²) in [5.74, 6) is -0.266. The summed E-state index contributed by atoms with van der Waals surface area (Å²) in [6.45, 7) is 4.32. The van der Waals surface area contributed by atoms with Crippen molar-refractivity contribution in [3.8, 4) is 0 Å². The van der Waals surface area contributed by atoms with Crippen molar-refractivity contribution < 1.29 is 23.6 Å². The van der Waals surface area contributed by atoms with Gasteiger partial charge in [0.1, 0.15) is 5.88 Å². The lowest BCUT2D eigenvalue weighted by atomic mass is 10.2. The van der Waals surface area contributed by atoms with Crippen LogP contribution in [0.1, 0.15) is 17.3 Å². The Kier molecular flexibility index (Phi) is 5.12. The minimum Gasteiger partial charge on any atom is -0.584 e. The van der Waals surface area contributed by atoms with Gasteiger partial charge in [0.15, 0.2) is 0 Å². The summed E-state index contributed by atoms with van der Waals surface area (Å²) < 4.78 is 10.1. The molecule has 1 fully saturated rings. The Morgan fingerprint density at radius 3 is 2.64 bits per heavy atom. The van der Waals surface area contributed by atoms with Crippen molar-refractivity contribution in [3.63, 3.8) is 0 Å². The average Bonchev–Trinajstić information content (AvgIpc) is 3.11. The molecule has 2 amide bonds. The van der Waals surface area contributed by atoms with Crippen molar-refractivity contribution in [1.82, 2.24) is 10.2 Å². The highest BCUT2D eigenvalue weighted by Crippen LogP contribution is 2.18. The van der Waals surface area contributed by atoms with E-state index in [-0.39, 0.29) is 12.0 Å².